The van der Waals surface area contributed by atoms with Crippen LogP contribution in [0.5, 0.6) is 0 Å². The van der Waals surface area contributed by atoms with Gasteiger partial charge in [-0.25, -0.2) is 0 Å². The van der Waals surface area contributed by atoms with Crippen molar-refractivity contribution in [2.75, 3.05) is 6.54 Å². The van der Waals surface area contributed by atoms with Crippen molar-refractivity contribution in [2.24, 2.45) is 0 Å². The number of rotatable bonds is 6. The van der Waals surface area contributed by atoms with Gasteiger partial charge in [0.1, 0.15) is 0 Å². The van der Waals surface area contributed by atoms with Crippen LogP contribution in [0.25, 0.3) is 0 Å². The van der Waals surface area contributed by atoms with Gasteiger partial charge in [-0.15, -0.1) is 0 Å². The summed E-state index contributed by atoms with van der Waals surface area (Å²) in [6.45, 7) is 5.78. The Labute approximate surface area is 143 Å². The van der Waals surface area contributed by atoms with Crippen molar-refractivity contribution >= 4 is 5.91 Å². The highest BCUT2D eigenvalue weighted by molar-refractivity contribution is 5.76. The number of hydrogen-bond donors (Lipinski definition) is 0. The average molecular weight is 326 g/mol. The number of amides is 1. The van der Waals surface area contributed by atoms with E-state index in [-0.39, 0.29) is 11.9 Å². The Kier molecular flexibility index (Phi) is 5.28. The Morgan fingerprint density at radius 2 is 2.21 bits per heavy atom. The van der Waals surface area contributed by atoms with E-state index >= 15 is 0 Å². The predicted molar refractivity (Wildman–Crippen MR) is 93.6 cm³/mol. The van der Waals surface area contributed by atoms with Crippen LogP contribution in [-0.2, 0) is 17.8 Å². The minimum Gasteiger partial charge on any atom is -0.338 e. The molecule has 0 N–H and O–H groups in total. The molecule has 1 saturated heterocycles. The van der Waals surface area contributed by atoms with Gasteiger partial charge in [-0.1, -0.05) is 6.07 Å². The van der Waals surface area contributed by atoms with Gasteiger partial charge >= 0.3 is 0 Å². The summed E-state index contributed by atoms with van der Waals surface area (Å²) in [4.78, 5) is 19.0. The molecule has 3 rings (SSSR count). The SMILES string of the molecule is Cc1cc(C)n(C[C@@H]2CCCN2C(=O)CCCc2ccccn2)n1. The second kappa shape index (κ2) is 7.60. The molecule has 1 fully saturated rings. The maximum atomic E-state index is 12.6. The third kappa shape index (κ3) is 4.02. The lowest BCUT2D eigenvalue weighted by molar-refractivity contribution is -0.132. The van der Waals surface area contributed by atoms with E-state index in [2.05, 4.69) is 28.0 Å². The van der Waals surface area contributed by atoms with Crippen LogP contribution in [0.2, 0.25) is 0 Å². The summed E-state index contributed by atoms with van der Waals surface area (Å²) in [5.74, 6) is 0.273. The van der Waals surface area contributed by atoms with Gasteiger partial charge in [0.25, 0.3) is 0 Å². The van der Waals surface area contributed by atoms with E-state index in [1.165, 1.54) is 5.69 Å². The summed E-state index contributed by atoms with van der Waals surface area (Å²) in [7, 11) is 0. The average Bonchev–Trinajstić information content (AvgIpc) is 3.15. The Morgan fingerprint density at radius 1 is 1.33 bits per heavy atom. The molecular weight excluding hydrogens is 300 g/mol. The van der Waals surface area contributed by atoms with Gasteiger partial charge in [0.2, 0.25) is 5.91 Å². The molecule has 0 bridgehead atoms. The van der Waals surface area contributed by atoms with Crippen LogP contribution in [0.3, 0.4) is 0 Å². The summed E-state index contributed by atoms with van der Waals surface area (Å²) < 4.78 is 2.04. The molecule has 2 aromatic heterocycles. The van der Waals surface area contributed by atoms with Crippen molar-refractivity contribution in [1.29, 1.82) is 0 Å². The minimum absolute atomic E-state index is 0.273. The third-order valence-electron chi connectivity index (χ3n) is 4.73. The number of carbonyl (C=O) groups is 1. The van der Waals surface area contributed by atoms with Crippen molar-refractivity contribution in [3.05, 3.63) is 47.5 Å². The number of hydrogen-bond acceptors (Lipinski definition) is 3. The quantitative estimate of drug-likeness (QED) is 0.820. The monoisotopic (exact) mass is 326 g/mol. The number of aryl methyl sites for hydroxylation is 3. The summed E-state index contributed by atoms with van der Waals surface area (Å²) in [6, 6.07) is 8.31. The van der Waals surface area contributed by atoms with Gasteiger partial charge in [0, 0.05) is 30.6 Å². The number of pyridine rings is 1. The number of likely N-dealkylation sites (tertiary alicyclic amines) is 1. The van der Waals surface area contributed by atoms with E-state index in [0.717, 1.165) is 50.2 Å². The molecule has 1 aliphatic heterocycles. The van der Waals surface area contributed by atoms with Crippen LogP contribution in [0.4, 0.5) is 0 Å². The second-order valence-corrected chi connectivity index (χ2v) is 6.67. The maximum Gasteiger partial charge on any atom is 0.222 e. The van der Waals surface area contributed by atoms with Crippen LogP contribution < -0.4 is 0 Å². The fraction of sp³-hybridized carbons (Fsp3) is 0.526. The first-order valence-electron chi connectivity index (χ1n) is 8.84. The molecule has 0 unspecified atom stereocenters. The topological polar surface area (TPSA) is 51.0 Å². The van der Waals surface area contributed by atoms with Crippen molar-refractivity contribution < 1.29 is 4.79 Å². The Morgan fingerprint density at radius 3 is 2.92 bits per heavy atom. The highest BCUT2D eigenvalue weighted by Crippen LogP contribution is 2.21. The molecule has 1 atom stereocenters. The van der Waals surface area contributed by atoms with Crippen molar-refractivity contribution in [3.8, 4) is 0 Å². The summed E-state index contributed by atoms with van der Waals surface area (Å²) in [6.07, 6.45) is 6.30. The van der Waals surface area contributed by atoms with Crippen LogP contribution in [0, 0.1) is 13.8 Å². The van der Waals surface area contributed by atoms with Gasteiger partial charge in [-0.2, -0.15) is 5.10 Å². The molecular formula is C19H26N4O. The van der Waals surface area contributed by atoms with Crippen LogP contribution in [0.1, 0.15) is 42.8 Å². The molecule has 5 heteroatoms. The highest BCUT2D eigenvalue weighted by Gasteiger charge is 2.29. The molecule has 128 valence electrons. The van der Waals surface area contributed by atoms with Crippen LogP contribution in [0.15, 0.2) is 30.5 Å². The molecule has 0 radical (unpaired) electrons. The first kappa shape index (κ1) is 16.7. The number of nitrogens with zero attached hydrogens (tertiary/aromatic N) is 4. The Hall–Kier alpha value is -2.17. The van der Waals surface area contributed by atoms with Crippen molar-refractivity contribution in [2.45, 2.75) is 58.5 Å². The lowest BCUT2D eigenvalue weighted by Gasteiger charge is -2.25. The van der Waals surface area contributed by atoms with E-state index in [0.29, 0.717) is 6.42 Å². The molecule has 0 aliphatic carbocycles. The highest BCUT2D eigenvalue weighted by atomic mass is 16.2. The van der Waals surface area contributed by atoms with E-state index in [1.807, 2.05) is 36.0 Å². The fourth-order valence-corrected chi connectivity index (χ4v) is 3.52. The smallest absolute Gasteiger partial charge is 0.222 e. The van der Waals surface area contributed by atoms with Crippen molar-refractivity contribution in [3.63, 3.8) is 0 Å². The lowest BCUT2D eigenvalue weighted by atomic mass is 10.1. The Balaban J connectivity index is 1.52. The molecule has 0 spiro atoms. The van der Waals surface area contributed by atoms with Crippen LogP contribution >= 0.6 is 0 Å². The molecule has 2 aromatic rings. The van der Waals surface area contributed by atoms with Gasteiger partial charge in [0.15, 0.2) is 0 Å². The molecule has 24 heavy (non-hydrogen) atoms. The van der Waals surface area contributed by atoms with Gasteiger partial charge < -0.3 is 4.90 Å². The standard InChI is InChI=1S/C19H26N4O/c1-15-13-16(2)23(21-15)14-18-9-6-12-22(18)19(24)10-5-8-17-7-3-4-11-20-17/h3-4,7,11,13,18H,5-6,8-10,12,14H2,1-2H3/t18-/m0/s1. The number of aromatic nitrogens is 3. The maximum absolute atomic E-state index is 12.6. The summed E-state index contributed by atoms with van der Waals surface area (Å²) >= 11 is 0. The zero-order valence-corrected chi connectivity index (χ0v) is 14.6. The third-order valence-corrected chi connectivity index (χ3v) is 4.73. The Bertz CT molecular complexity index is 680. The number of carbonyl (C=O) groups excluding carboxylic acids is 1. The first-order valence-corrected chi connectivity index (χ1v) is 8.84. The van der Waals surface area contributed by atoms with Gasteiger partial charge in [0.05, 0.1) is 18.3 Å². The molecule has 0 saturated carbocycles. The van der Waals surface area contributed by atoms with E-state index in [1.54, 1.807) is 0 Å². The normalized spacial score (nSPS) is 17.4. The molecule has 1 amide bonds. The predicted octanol–water partition coefficient (Wildman–Crippen LogP) is 2.91. The fourth-order valence-electron chi connectivity index (χ4n) is 3.52. The lowest BCUT2D eigenvalue weighted by Crippen LogP contribution is -2.38. The van der Waals surface area contributed by atoms with Gasteiger partial charge in [-0.3, -0.25) is 14.5 Å². The summed E-state index contributed by atoms with van der Waals surface area (Å²) in [5.41, 5.74) is 3.27. The first-order chi connectivity index (χ1) is 11.6. The molecule has 5 nitrogen and oxygen atoms in total. The molecule has 3 heterocycles. The van der Waals surface area contributed by atoms with Crippen LogP contribution in [-0.4, -0.2) is 38.2 Å². The zero-order chi connectivity index (χ0) is 16.9. The van der Waals surface area contributed by atoms with Crippen molar-refractivity contribution in [1.82, 2.24) is 19.7 Å². The largest absolute Gasteiger partial charge is 0.338 e. The second-order valence-electron chi connectivity index (χ2n) is 6.67. The zero-order valence-electron chi connectivity index (χ0n) is 14.6. The molecule has 0 aromatic carbocycles. The summed E-state index contributed by atoms with van der Waals surface area (Å²) in [5, 5.41) is 4.54. The van der Waals surface area contributed by atoms with Gasteiger partial charge in [-0.05, 0) is 57.7 Å². The van der Waals surface area contributed by atoms with E-state index in [4.69, 9.17) is 0 Å². The minimum atomic E-state index is 0.273. The van der Waals surface area contributed by atoms with E-state index < -0.39 is 0 Å². The molecule has 1 aliphatic rings. The van der Waals surface area contributed by atoms with E-state index in [9.17, 15) is 4.79 Å².